The van der Waals surface area contributed by atoms with Gasteiger partial charge < -0.3 is 16.4 Å². The fourth-order valence-corrected chi connectivity index (χ4v) is 3.69. The molecule has 21 heavy (non-hydrogen) atoms. The maximum Gasteiger partial charge on any atom is 0.220 e. The molecule has 0 saturated carbocycles. The summed E-state index contributed by atoms with van der Waals surface area (Å²) in [5.41, 5.74) is 5.91. The number of hydrogen-bond donors (Lipinski definition) is 3. The van der Waals surface area contributed by atoms with Crippen molar-refractivity contribution < 1.29 is 4.79 Å². The minimum atomic E-state index is 0.0680. The van der Waals surface area contributed by atoms with Crippen LogP contribution in [0.4, 0.5) is 0 Å². The summed E-state index contributed by atoms with van der Waals surface area (Å²) < 4.78 is 0. The van der Waals surface area contributed by atoms with E-state index in [-0.39, 0.29) is 28.4 Å². The first-order valence-electron chi connectivity index (χ1n) is 8.24. The smallest absolute Gasteiger partial charge is 0.220 e. The van der Waals surface area contributed by atoms with Crippen LogP contribution in [0.2, 0.25) is 0 Å². The van der Waals surface area contributed by atoms with Crippen LogP contribution in [-0.4, -0.2) is 29.6 Å². The first-order valence-corrected chi connectivity index (χ1v) is 8.24. The average molecular weight is 297 g/mol. The molecule has 1 aliphatic heterocycles. The van der Waals surface area contributed by atoms with Crippen LogP contribution in [0.5, 0.6) is 0 Å². The van der Waals surface area contributed by atoms with Gasteiger partial charge in [0.05, 0.1) is 0 Å². The van der Waals surface area contributed by atoms with Crippen LogP contribution in [0, 0.1) is 5.41 Å². The van der Waals surface area contributed by atoms with Gasteiger partial charge in [-0.3, -0.25) is 4.79 Å². The number of amides is 1. The van der Waals surface area contributed by atoms with Crippen molar-refractivity contribution in [1.82, 2.24) is 10.6 Å². The van der Waals surface area contributed by atoms with E-state index in [2.05, 4.69) is 52.2 Å². The number of nitrogens with two attached hydrogens (primary N) is 1. The maximum atomic E-state index is 12.2. The normalized spacial score (nSPS) is 22.0. The van der Waals surface area contributed by atoms with Crippen molar-refractivity contribution >= 4 is 5.91 Å². The Hall–Kier alpha value is -0.610. The van der Waals surface area contributed by atoms with Gasteiger partial charge in [0.1, 0.15) is 0 Å². The van der Waals surface area contributed by atoms with Crippen molar-refractivity contribution in [3.8, 4) is 0 Å². The van der Waals surface area contributed by atoms with E-state index in [1.807, 2.05) is 0 Å². The Morgan fingerprint density at radius 2 is 1.71 bits per heavy atom. The second kappa shape index (κ2) is 6.66. The minimum Gasteiger partial charge on any atom is -0.353 e. The second-order valence-corrected chi connectivity index (χ2v) is 8.77. The van der Waals surface area contributed by atoms with E-state index in [1.54, 1.807) is 0 Å². The maximum absolute atomic E-state index is 12.2. The SMILES string of the molecule is CC(C)(CCN)CCC(=O)NC1CC(C)(C)NC(C)(C)C1. The predicted octanol–water partition coefficient (Wildman–Crippen LogP) is 2.57. The number of carbonyl (C=O) groups excluding carboxylic acids is 1. The Morgan fingerprint density at radius 3 is 2.19 bits per heavy atom. The van der Waals surface area contributed by atoms with Crippen LogP contribution >= 0.6 is 0 Å². The van der Waals surface area contributed by atoms with E-state index >= 15 is 0 Å². The highest BCUT2D eigenvalue weighted by Crippen LogP contribution is 2.29. The molecule has 1 fully saturated rings. The highest BCUT2D eigenvalue weighted by atomic mass is 16.1. The lowest BCUT2D eigenvalue weighted by Crippen LogP contribution is -2.62. The summed E-state index contributed by atoms with van der Waals surface area (Å²) in [5, 5.41) is 6.88. The van der Waals surface area contributed by atoms with Gasteiger partial charge in [0, 0.05) is 23.5 Å². The van der Waals surface area contributed by atoms with Crippen molar-refractivity contribution in [2.24, 2.45) is 11.1 Å². The van der Waals surface area contributed by atoms with Gasteiger partial charge >= 0.3 is 0 Å². The summed E-state index contributed by atoms with van der Waals surface area (Å²) in [5.74, 6) is 0.179. The molecule has 4 nitrogen and oxygen atoms in total. The van der Waals surface area contributed by atoms with Crippen LogP contribution in [0.15, 0.2) is 0 Å². The van der Waals surface area contributed by atoms with Gasteiger partial charge in [-0.1, -0.05) is 13.8 Å². The standard InChI is InChI=1S/C17H35N3O/c1-15(2,9-10-18)8-7-14(21)19-13-11-16(3,4)20-17(5,6)12-13/h13,20H,7-12,18H2,1-6H3,(H,19,21). The van der Waals surface area contributed by atoms with Crippen molar-refractivity contribution in [2.75, 3.05) is 6.54 Å². The molecule has 1 aliphatic rings. The molecule has 0 radical (unpaired) electrons. The van der Waals surface area contributed by atoms with Crippen molar-refractivity contribution in [1.29, 1.82) is 0 Å². The molecular formula is C17H35N3O. The van der Waals surface area contributed by atoms with Crippen LogP contribution in [-0.2, 0) is 4.79 Å². The zero-order valence-electron chi connectivity index (χ0n) is 14.8. The van der Waals surface area contributed by atoms with E-state index in [4.69, 9.17) is 5.73 Å². The minimum absolute atomic E-state index is 0.0680. The Labute approximate surface area is 130 Å². The lowest BCUT2D eigenvalue weighted by molar-refractivity contribution is -0.122. The molecule has 1 amide bonds. The largest absolute Gasteiger partial charge is 0.353 e. The van der Waals surface area contributed by atoms with E-state index in [0.717, 1.165) is 25.7 Å². The van der Waals surface area contributed by atoms with Gasteiger partial charge in [-0.25, -0.2) is 0 Å². The van der Waals surface area contributed by atoms with Crippen molar-refractivity contribution in [2.45, 2.75) is 90.8 Å². The van der Waals surface area contributed by atoms with E-state index < -0.39 is 0 Å². The first kappa shape index (κ1) is 18.4. The highest BCUT2D eigenvalue weighted by molar-refractivity contribution is 5.76. The fourth-order valence-electron chi connectivity index (χ4n) is 3.69. The molecule has 1 heterocycles. The molecule has 0 atom stereocenters. The molecule has 0 aromatic rings. The average Bonchev–Trinajstić information content (AvgIpc) is 2.21. The Morgan fingerprint density at radius 1 is 1.19 bits per heavy atom. The van der Waals surface area contributed by atoms with Gasteiger partial charge in [-0.15, -0.1) is 0 Å². The Kier molecular flexibility index (Phi) is 5.84. The number of hydrogen-bond acceptors (Lipinski definition) is 3. The number of nitrogens with one attached hydrogen (secondary N) is 2. The second-order valence-electron chi connectivity index (χ2n) is 8.77. The van der Waals surface area contributed by atoms with Crippen molar-refractivity contribution in [3.05, 3.63) is 0 Å². The summed E-state index contributed by atoms with van der Waals surface area (Å²) in [6.07, 6.45) is 4.42. The molecule has 4 heteroatoms. The molecule has 0 aliphatic carbocycles. The third-order valence-corrected chi connectivity index (χ3v) is 4.41. The third-order valence-electron chi connectivity index (χ3n) is 4.41. The molecule has 1 rings (SSSR count). The van der Waals surface area contributed by atoms with Crippen LogP contribution < -0.4 is 16.4 Å². The predicted molar refractivity (Wildman–Crippen MR) is 89.1 cm³/mol. The zero-order chi connectivity index (χ0) is 16.3. The number of carbonyl (C=O) groups is 1. The monoisotopic (exact) mass is 297 g/mol. The molecule has 0 bridgehead atoms. The first-order chi connectivity index (χ1) is 9.45. The van der Waals surface area contributed by atoms with Gasteiger partial charge in [-0.05, 0) is 65.3 Å². The van der Waals surface area contributed by atoms with Crippen molar-refractivity contribution in [3.63, 3.8) is 0 Å². The van der Waals surface area contributed by atoms with Gasteiger partial charge in [0.15, 0.2) is 0 Å². The summed E-state index contributed by atoms with van der Waals surface area (Å²) >= 11 is 0. The van der Waals surface area contributed by atoms with Crippen LogP contribution in [0.3, 0.4) is 0 Å². The summed E-state index contributed by atoms with van der Waals surface area (Å²) in [4.78, 5) is 12.2. The lowest BCUT2D eigenvalue weighted by Gasteiger charge is -2.46. The number of rotatable bonds is 6. The Balaban J connectivity index is 2.47. The summed E-state index contributed by atoms with van der Waals surface area (Å²) in [6.45, 7) is 13.9. The van der Waals surface area contributed by atoms with E-state index in [9.17, 15) is 4.79 Å². The quantitative estimate of drug-likeness (QED) is 0.706. The Bertz CT molecular complexity index is 345. The number of piperidine rings is 1. The molecule has 0 spiro atoms. The molecule has 0 unspecified atom stereocenters. The van der Waals surface area contributed by atoms with Gasteiger partial charge in [-0.2, -0.15) is 0 Å². The summed E-state index contributed by atoms with van der Waals surface area (Å²) in [7, 11) is 0. The molecule has 1 saturated heterocycles. The molecule has 4 N–H and O–H groups in total. The molecule has 0 aromatic heterocycles. The van der Waals surface area contributed by atoms with Crippen LogP contribution in [0.25, 0.3) is 0 Å². The molecular weight excluding hydrogens is 262 g/mol. The summed E-state index contributed by atoms with van der Waals surface area (Å²) in [6, 6.07) is 0.265. The topological polar surface area (TPSA) is 67.2 Å². The highest BCUT2D eigenvalue weighted by Gasteiger charge is 2.38. The molecule has 0 aromatic carbocycles. The van der Waals surface area contributed by atoms with E-state index in [0.29, 0.717) is 13.0 Å². The zero-order valence-corrected chi connectivity index (χ0v) is 14.8. The molecule has 124 valence electrons. The van der Waals surface area contributed by atoms with E-state index in [1.165, 1.54) is 0 Å². The van der Waals surface area contributed by atoms with Gasteiger partial charge in [0.25, 0.3) is 0 Å². The third kappa shape index (κ3) is 6.79. The van der Waals surface area contributed by atoms with Gasteiger partial charge in [0.2, 0.25) is 5.91 Å². The lowest BCUT2D eigenvalue weighted by atomic mass is 9.79. The van der Waals surface area contributed by atoms with Crippen LogP contribution in [0.1, 0.15) is 73.6 Å². The fraction of sp³-hybridized carbons (Fsp3) is 0.941.